The predicted octanol–water partition coefficient (Wildman–Crippen LogP) is 12.1. The fraction of sp³-hybridized carbons (Fsp3) is 0.111. The lowest BCUT2D eigenvalue weighted by Crippen LogP contribution is -2.12. The summed E-state index contributed by atoms with van der Waals surface area (Å²) in [4.78, 5) is 0. The van der Waals surface area contributed by atoms with Crippen molar-refractivity contribution in [3.63, 3.8) is 0 Å². The van der Waals surface area contributed by atoms with Crippen LogP contribution in [-0.2, 0) is 21.3 Å². The first-order valence-electron chi connectivity index (χ1n) is 14.2. The Morgan fingerprint density at radius 1 is 0.468 bits per heavy atom. The van der Waals surface area contributed by atoms with Gasteiger partial charge in [0.05, 0.1) is 11.5 Å². The van der Waals surface area contributed by atoms with Gasteiger partial charge in [-0.3, -0.25) is 0 Å². The summed E-state index contributed by atoms with van der Waals surface area (Å²) in [6, 6.07) is 14.8. The van der Waals surface area contributed by atoms with Crippen molar-refractivity contribution in [1.29, 1.82) is 0 Å². The monoisotopic (exact) mass is 910 g/mol. The van der Waals surface area contributed by atoms with Gasteiger partial charge in [0.25, 0.3) is 0 Å². The molecule has 0 heterocycles. The molecular weight excluding hydrogens is 892 g/mol. The topological polar surface area (TPSA) is 34.1 Å². The predicted molar refractivity (Wildman–Crippen MR) is 194 cm³/mol. The minimum absolute atomic E-state index is 0.00273. The first-order chi connectivity index (χ1) is 22.3. The molecule has 0 amide bonds. The summed E-state index contributed by atoms with van der Waals surface area (Å²) in [6.45, 7) is 0. The quantitative estimate of drug-likeness (QED) is 0.165. The van der Waals surface area contributed by atoms with E-state index >= 15 is 17.6 Å². The second-order valence-corrected chi connectivity index (χ2v) is 16.9. The van der Waals surface area contributed by atoms with Crippen LogP contribution < -0.4 is 0 Å². The molecular formula is C36H22Br4F4O2S. The van der Waals surface area contributed by atoms with Crippen molar-refractivity contribution in [2.24, 2.45) is 0 Å². The minimum Gasteiger partial charge on any atom is -0.228 e. The van der Waals surface area contributed by atoms with E-state index in [1.807, 2.05) is 48.6 Å². The third-order valence-electron chi connectivity index (χ3n) is 7.82. The summed E-state index contributed by atoms with van der Waals surface area (Å²) in [6.07, 6.45) is 8.39. The molecule has 0 fully saturated rings. The summed E-state index contributed by atoms with van der Waals surface area (Å²) in [5.41, 5.74) is 3.18. The standard InChI is InChI=1S/C36H22Br4F4O2S/c37-23-7-19(8-24(38)13-23)27-3-1-5-29(27)31-15-33(41)21(11-35(31)43)17-47(45,46)18-22-12-36(44)32(16-34(22)42)30-6-2-4-28(30)20-9-25(39)14-26(40)10-20/h3-16H,1-2,17-18H2. The van der Waals surface area contributed by atoms with Gasteiger partial charge in [0.1, 0.15) is 23.3 Å². The summed E-state index contributed by atoms with van der Waals surface area (Å²) < 4.78 is 91.2. The Morgan fingerprint density at radius 2 is 0.809 bits per heavy atom. The number of hydrogen-bond acceptors (Lipinski definition) is 2. The summed E-state index contributed by atoms with van der Waals surface area (Å²) in [7, 11) is -4.24. The van der Waals surface area contributed by atoms with Gasteiger partial charge in [0.15, 0.2) is 9.84 Å². The second-order valence-electron chi connectivity index (χ2n) is 11.1. The number of benzene rings is 4. The molecule has 0 aliphatic heterocycles. The van der Waals surface area contributed by atoms with Crippen LogP contribution in [0.1, 0.15) is 46.2 Å². The van der Waals surface area contributed by atoms with E-state index in [1.165, 1.54) is 0 Å². The average Bonchev–Trinajstić information content (AvgIpc) is 3.66. The summed E-state index contributed by atoms with van der Waals surface area (Å²) >= 11 is 13.8. The van der Waals surface area contributed by atoms with Crippen LogP contribution in [0, 0.1) is 23.3 Å². The van der Waals surface area contributed by atoms with Gasteiger partial charge in [0.2, 0.25) is 0 Å². The lowest BCUT2D eigenvalue weighted by Gasteiger charge is -2.15. The van der Waals surface area contributed by atoms with Gasteiger partial charge in [0, 0.05) is 40.1 Å². The zero-order valence-electron chi connectivity index (χ0n) is 24.2. The van der Waals surface area contributed by atoms with E-state index in [0.717, 1.165) is 53.3 Å². The molecule has 0 N–H and O–H groups in total. The number of hydrogen-bond donors (Lipinski definition) is 0. The number of halogens is 8. The van der Waals surface area contributed by atoms with E-state index in [1.54, 1.807) is 12.2 Å². The van der Waals surface area contributed by atoms with Crippen LogP contribution >= 0.6 is 63.7 Å². The molecule has 240 valence electrons. The van der Waals surface area contributed by atoms with Crippen LogP contribution in [0.3, 0.4) is 0 Å². The molecule has 4 aromatic carbocycles. The van der Waals surface area contributed by atoms with Crippen molar-refractivity contribution in [2.45, 2.75) is 24.3 Å². The van der Waals surface area contributed by atoms with Crippen molar-refractivity contribution in [2.75, 3.05) is 0 Å². The Balaban J connectivity index is 1.22. The highest BCUT2D eigenvalue weighted by molar-refractivity contribution is 9.11. The van der Waals surface area contributed by atoms with E-state index in [2.05, 4.69) is 63.7 Å². The molecule has 0 atom stereocenters. The van der Waals surface area contributed by atoms with E-state index in [9.17, 15) is 8.42 Å². The fourth-order valence-electron chi connectivity index (χ4n) is 5.84. The van der Waals surface area contributed by atoms with Crippen molar-refractivity contribution in [3.8, 4) is 0 Å². The Labute approximate surface area is 303 Å². The van der Waals surface area contributed by atoms with Crippen molar-refractivity contribution < 1.29 is 26.0 Å². The SMILES string of the molecule is O=S(=O)(Cc1cc(F)c(C2=CCC=C2c2cc(Br)cc(Br)c2)cc1F)Cc1cc(F)c(C2=CCC=C2c2cc(Br)cc(Br)c2)cc1F. The molecule has 2 aliphatic carbocycles. The first kappa shape index (κ1) is 34.3. The zero-order valence-corrected chi connectivity index (χ0v) is 31.3. The lowest BCUT2D eigenvalue weighted by atomic mass is 9.94. The van der Waals surface area contributed by atoms with E-state index < -0.39 is 55.7 Å². The van der Waals surface area contributed by atoms with Crippen LogP contribution in [0.15, 0.2) is 103 Å². The van der Waals surface area contributed by atoms with Crippen molar-refractivity contribution >= 4 is 95.8 Å². The first-order valence-corrected chi connectivity index (χ1v) is 19.2. The third kappa shape index (κ3) is 7.54. The second kappa shape index (κ2) is 13.7. The molecule has 0 radical (unpaired) electrons. The normalized spacial score (nSPS) is 14.6. The van der Waals surface area contributed by atoms with Crippen LogP contribution in [0.4, 0.5) is 17.6 Å². The number of sulfone groups is 1. The molecule has 0 unspecified atom stereocenters. The maximum atomic E-state index is 15.5. The molecule has 0 saturated heterocycles. The van der Waals surface area contributed by atoms with Gasteiger partial charge in [-0.25, -0.2) is 26.0 Å². The molecule has 6 rings (SSSR count). The molecule has 2 nitrogen and oxygen atoms in total. The fourth-order valence-corrected chi connectivity index (χ4v) is 9.92. The summed E-state index contributed by atoms with van der Waals surface area (Å²) in [5.74, 6) is -5.21. The van der Waals surface area contributed by atoms with Gasteiger partial charge < -0.3 is 0 Å². The number of rotatable bonds is 8. The molecule has 0 saturated carbocycles. The van der Waals surface area contributed by atoms with Crippen LogP contribution in [0.25, 0.3) is 22.3 Å². The average molecular weight is 914 g/mol. The van der Waals surface area contributed by atoms with E-state index in [-0.39, 0.29) is 11.1 Å². The molecule has 4 aromatic rings. The maximum absolute atomic E-state index is 15.5. The zero-order chi connectivity index (χ0) is 33.6. The highest BCUT2D eigenvalue weighted by Gasteiger charge is 2.25. The molecule has 0 aromatic heterocycles. The van der Waals surface area contributed by atoms with E-state index in [4.69, 9.17) is 0 Å². The van der Waals surface area contributed by atoms with Crippen LogP contribution in [0.5, 0.6) is 0 Å². The highest BCUT2D eigenvalue weighted by atomic mass is 79.9. The van der Waals surface area contributed by atoms with Gasteiger partial charge in [-0.15, -0.1) is 0 Å². The van der Waals surface area contributed by atoms with Gasteiger partial charge in [-0.1, -0.05) is 88.0 Å². The Hall–Kier alpha value is -2.57. The maximum Gasteiger partial charge on any atom is 0.158 e. The van der Waals surface area contributed by atoms with Gasteiger partial charge in [-0.05, 0) is 107 Å². The number of allylic oxidation sites excluding steroid dienone is 8. The molecule has 0 bridgehead atoms. The molecule has 0 spiro atoms. The van der Waals surface area contributed by atoms with Gasteiger partial charge >= 0.3 is 0 Å². The Kier molecular flexibility index (Phi) is 10.0. The lowest BCUT2D eigenvalue weighted by molar-refractivity contribution is 0.570. The smallest absolute Gasteiger partial charge is 0.158 e. The van der Waals surface area contributed by atoms with Crippen LogP contribution in [-0.4, -0.2) is 8.42 Å². The molecule has 47 heavy (non-hydrogen) atoms. The van der Waals surface area contributed by atoms with Crippen LogP contribution in [0.2, 0.25) is 0 Å². The van der Waals surface area contributed by atoms with Crippen molar-refractivity contribution in [3.05, 3.63) is 160 Å². The largest absolute Gasteiger partial charge is 0.228 e. The Morgan fingerprint density at radius 3 is 1.17 bits per heavy atom. The molecule has 11 heteroatoms. The van der Waals surface area contributed by atoms with Gasteiger partial charge in [-0.2, -0.15) is 0 Å². The minimum atomic E-state index is -4.24. The van der Waals surface area contributed by atoms with E-state index in [0.29, 0.717) is 35.1 Å². The third-order valence-corrected chi connectivity index (χ3v) is 11.2. The molecule has 2 aliphatic rings. The highest BCUT2D eigenvalue weighted by Crippen LogP contribution is 2.41. The Bertz CT molecular complexity index is 2020. The van der Waals surface area contributed by atoms with Crippen molar-refractivity contribution in [1.82, 2.24) is 0 Å². The summed E-state index contributed by atoms with van der Waals surface area (Å²) in [5, 5.41) is 0.